The number of aromatic nitrogens is 3. The van der Waals surface area contributed by atoms with E-state index >= 15 is 0 Å². The normalized spacial score (nSPS) is 10.0. The Balaban J connectivity index is 2.69. The molecular formula is C11H9N5O2. The van der Waals surface area contributed by atoms with Gasteiger partial charge >= 0.3 is 0 Å². The number of pyridine rings is 1. The SMILES string of the molecule is Cn1cc(-c2cn(O)c(=N)c(C#N)n2)ccc1=O. The third-order valence-corrected chi connectivity index (χ3v) is 2.42. The van der Waals surface area contributed by atoms with Crippen LogP contribution in [0.3, 0.4) is 0 Å². The Morgan fingerprint density at radius 3 is 2.78 bits per heavy atom. The standard InChI is InChI=1S/C11H9N5O2/c1-15-5-7(2-3-10(15)17)9-6-16(18)11(13)8(4-12)14-9/h2-3,5-6,13,18H,1H3. The zero-order chi connectivity index (χ0) is 13.3. The first-order chi connectivity index (χ1) is 8.52. The lowest BCUT2D eigenvalue weighted by molar-refractivity contribution is 0.169. The molecule has 0 saturated heterocycles. The van der Waals surface area contributed by atoms with E-state index in [0.717, 1.165) is 0 Å². The van der Waals surface area contributed by atoms with Gasteiger partial charge in [0, 0.05) is 24.9 Å². The summed E-state index contributed by atoms with van der Waals surface area (Å²) in [5.74, 6) is 0. The number of aryl methyl sites for hydroxylation is 1. The minimum atomic E-state index is -0.383. The minimum Gasteiger partial charge on any atom is -0.427 e. The van der Waals surface area contributed by atoms with E-state index in [1.54, 1.807) is 13.1 Å². The van der Waals surface area contributed by atoms with E-state index in [1.165, 1.54) is 29.1 Å². The van der Waals surface area contributed by atoms with Crippen LogP contribution in [0.5, 0.6) is 0 Å². The summed E-state index contributed by atoms with van der Waals surface area (Å²) in [5.41, 5.74) is 0.125. The van der Waals surface area contributed by atoms with Crippen molar-refractivity contribution in [1.82, 2.24) is 14.3 Å². The second-order valence-corrected chi connectivity index (χ2v) is 3.65. The van der Waals surface area contributed by atoms with Gasteiger partial charge in [0.1, 0.15) is 6.07 Å². The van der Waals surface area contributed by atoms with Crippen LogP contribution in [0.1, 0.15) is 5.69 Å². The molecule has 2 heterocycles. The molecule has 7 nitrogen and oxygen atoms in total. The van der Waals surface area contributed by atoms with Crippen molar-refractivity contribution in [3.8, 4) is 17.3 Å². The Morgan fingerprint density at radius 2 is 2.17 bits per heavy atom. The van der Waals surface area contributed by atoms with E-state index in [-0.39, 0.29) is 16.7 Å². The van der Waals surface area contributed by atoms with Crippen molar-refractivity contribution in [3.05, 3.63) is 46.1 Å². The van der Waals surface area contributed by atoms with Crippen molar-refractivity contribution < 1.29 is 5.21 Å². The van der Waals surface area contributed by atoms with Gasteiger partial charge in [-0.25, -0.2) is 4.98 Å². The Kier molecular flexibility index (Phi) is 2.69. The number of nitrogens with zero attached hydrogens (tertiary/aromatic N) is 4. The van der Waals surface area contributed by atoms with Crippen LogP contribution in [0, 0.1) is 16.7 Å². The molecule has 0 aliphatic carbocycles. The van der Waals surface area contributed by atoms with Gasteiger partial charge in [0.15, 0.2) is 11.2 Å². The summed E-state index contributed by atoms with van der Waals surface area (Å²) in [6.45, 7) is 0. The molecule has 0 unspecified atom stereocenters. The maximum Gasteiger partial charge on any atom is 0.250 e. The van der Waals surface area contributed by atoms with Crippen LogP contribution in [0.2, 0.25) is 0 Å². The molecule has 0 aromatic carbocycles. The highest BCUT2D eigenvalue weighted by molar-refractivity contribution is 5.57. The van der Waals surface area contributed by atoms with Crippen LogP contribution in [-0.4, -0.2) is 19.5 Å². The maximum atomic E-state index is 11.3. The highest BCUT2D eigenvalue weighted by Crippen LogP contribution is 2.13. The fourth-order valence-electron chi connectivity index (χ4n) is 1.45. The monoisotopic (exact) mass is 243 g/mol. The van der Waals surface area contributed by atoms with Crippen LogP contribution in [-0.2, 0) is 7.05 Å². The average Bonchev–Trinajstić information content (AvgIpc) is 2.36. The highest BCUT2D eigenvalue weighted by Gasteiger charge is 2.07. The first kappa shape index (κ1) is 11.6. The molecule has 18 heavy (non-hydrogen) atoms. The van der Waals surface area contributed by atoms with Crippen LogP contribution in [0.4, 0.5) is 0 Å². The molecule has 0 saturated carbocycles. The fraction of sp³-hybridized carbons (Fsp3) is 0.0909. The fourth-order valence-corrected chi connectivity index (χ4v) is 1.45. The van der Waals surface area contributed by atoms with Crippen molar-refractivity contribution in [1.29, 1.82) is 10.7 Å². The van der Waals surface area contributed by atoms with Gasteiger partial charge in [0.2, 0.25) is 5.56 Å². The second-order valence-electron chi connectivity index (χ2n) is 3.65. The third-order valence-electron chi connectivity index (χ3n) is 2.42. The number of rotatable bonds is 1. The summed E-state index contributed by atoms with van der Waals surface area (Å²) < 4.78 is 1.88. The molecule has 0 fully saturated rings. The lowest BCUT2D eigenvalue weighted by Crippen LogP contribution is -2.22. The molecule has 2 N–H and O–H groups in total. The molecule has 7 heteroatoms. The summed E-state index contributed by atoms with van der Waals surface area (Å²) in [6.07, 6.45) is 2.75. The van der Waals surface area contributed by atoms with E-state index in [1.807, 2.05) is 0 Å². The molecule has 0 aliphatic heterocycles. The van der Waals surface area contributed by atoms with Crippen molar-refractivity contribution >= 4 is 0 Å². The smallest absolute Gasteiger partial charge is 0.250 e. The molecule has 0 amide bonds. The van der Waals surface area contributed by atoms with Gasteiger partial charge in [-0.3, -0.25) is 10.2 Å². The lowest BCUT2D eigenvalue weighted by Gasteiger charge is -2.05. The Hall–Kier alpha value is -2.88. The van der Waals surface area contributed by atoms with Crippen molar-refractivity contribution in [3.63, 3.8) is 0 Å². The van der Waals surface area contributed by atoms with Crippen LogP contribution >= 0.6 is 0 Å². The van der Waals surface area contributed by atoms with E-state index in [0.29, 0.717) is 16.0 Å². The number of nitriles is 1. The van der Waals surface area contributed by atoms with Gasteiger partial charge in [-0.1, -0.05) is 0 Å². The van der Waals surface area contributed by atoms with Gasteiger partial charge in [0.05, 0.1) is 11.9 Å². The van der Waals surface area contributed by atoms with Crippen molar-refractivity contribution in [2.75, 3.05) is 0 Å². The van der Waals surface area contributed by atoms with Gasteiger partial charge in [-0.2, -0.15) is 9.99 Å². The highest BCUT2D eigenvalue weighted by atomic mass is 16.5. The predicted octanol–water partition coefficient (Wildman–Crippen LogP) is -0.163. The largest absolute Gasteiger partial charge is 0.427 e. The van der Waals surface area contributed by atoms with Gasteiger partial charge in [-0.15, -0.1) is 0 Å². The first-order valence-electron chi connectivity index (χ1n) is 4.97. The summed E-state index contributed by atoms with van der Waals surface area (Å²) in [4.78, 5) is 15.2. The van der Waals surface area contributed by atoms with Crippen molar-refractivity contribution in [2.24, 2.45) is 7.05 Å². The molecule has 2 aromatic heterocycles. The topological polar surface area (TPSA) is 108 Å². The van der Waals surface area contributed by atoms with Crippen molar-refractivity contribution in [2.45, 2.75) is 0 Å². The van der Waals surface area contributed by atoms with E-state index in [9.17, 15) is 10.0 Å². The first-order valence-corrected chi connectivity index (χ1v) is 4.97. The molecule has 0 aliphatic rings. The average molecular weight is 243 g/mol. The second kappa shape index (κ2) is 4.18. The van der Waals surface area contributed by atoms with Crippen LogP contribution < -0.4 is 11.0 Å². The molecule has 0 bridgehead atoms. The van der Waals surface area contributed by atoms with Gasteiger partial charge in [-0.05, 0) is 6.07 Å². The Morgan fingerprint density at radius 1 is 1.44 bits per heavy atom. The third kappa shape index (κ3) is 1.87. The summed E-state index contributed by atoms with van der Waals surface area (Å²) in [7, 11) is 1.59. The summed E-state index contributed by atoms with van der Waals surface area (Å²) >= 11 is 0. The zero-order valence-electron chi connectivity index (χ0n) is 9.45. The number of hydrogen-bond donors (Lipinski definition) is 2. The number of nitrogens with one attached hydrogen (secondary N) is 1. The van der Waals surface area contributed by atoms with Crippen LogP contribution in [0.25, 0.3) is 11.3 Å². The maximum absolute atomic E-state index is 11.3. The van der Waals surface area contributed by atoms with E-state index in [2.05, 4.69) is 4.98 Å². The van der Waals surface area contributed by atoms with E-state index in [4.69, 9.17) is 10.7 Å². The zero-order valence-corrected chi connectivity index (χ0v) is 9.45. The Labute approximate surface area is 101 Å². The van der Waals surface area contributed by atoms with Gasteiger partial charge < -0.3 is 9.77 Å². The number of hydrogen-bond acceptors (Lipinski definition) is 5. The quantitative estimate of drug-likeness (QED) is 0.678. The summed E-state index contributed by atoms with van der Waals surface area (Å²) in [6, 6.07) is 4.62. The van der Waals surface area contributed by atoms with Gasteiger partial charge in [0.25, 0.3) is 0 Å². The molecule has 0 radical (unpaired) electrons. The molecule has 2 rings (SSSR count). The minimum absolute atomic E-state index is 0.173. The molecule has 0 spiro atoms. The lowest BCUT2D eigenvalue weighted by atomic mass is 10.2. The van der Waals surface area contributed by atoms with Crippen LogP contribution in [0.15, 0.2) is 29.3 Å². The Bertz CT molecular complexity index is 766. The predicted molar refractivity (Wildman–Crippen MR) is 60.7 cm³/mol. The molecule has 90 valence electrons. The molecular weight excluding hydrogens is 234 g/mol. The molecule has 2 aromatic rings. The van der Waals surface area contributed by atoms with E-state index < -0.39 is 0 Å². The summed E-state index contributed by atoms with van der Waals surface area (Å²) in [5, 5.41) is 25.7. The molecule has 0 atom stereocenters.